The number of hydrogen-bond acceptors (Lipinski definition) is 4. The van der Waals surface area contributed by atoms with Gasteiger partial charge < -0.3 is 10.6 Å². The predicted octanol–water partition coefficient (Wildman–Crippen LogP) is 1.97. The van der Waals surface area contributed by atoms with Crippen LogP contribution in [0.25, 0.3) is 0 Å². The first-order chi connectivity index (χ1) is 8.79. The van der Waals surface area contributed by atoms with Gasteiger partial charge in [-0.05, 0) is 19.3 Å². The number of aromatic nitrogens is 2. The largest absolute Gasteiger partial charge is 0.367 e. The van der Waals surface area contributed by atoms with Gasteiger partial charge in [-0.3, -0.25) is 4.79 Å². The number of rotatable bonds is 5. The van der Waals surface area contributed by atoms with Gasteiger partial charge >= 0.3 is 0 Å². The second kappa shape index (κ2) is 6.33. The summed E-state index contributed by atoms with van der Waals surface area (Å²) in [7, 11) is 0. The third kappa shape index (κ3) is 3.42. The van der Waals surface area contributed by atoms with E-state index in [9.17, 15) is 4.79 Å². The van der Waals surface area contributed by atoms with Crippen LogP contribution in [0.3, 0.4) is 0 Å². The zero-order valence-electron chi connectivity index (χ0n) is 10.8. The smallest absolute Gasteiger partial charge is 0.270 e. The molecule has 0 aromatic carbocycles. The Labute approximate surface area is 107 Å². The average Bonchev–Trinajstić information content (AvgIpc) is 2.89. The molecular formula is C13H20N4O. The normalized spacial score (nSPS) is 15.6. The van der Waals surface area contributed by atoms with Crippen LogP contribution >= 0.6 is 0 Å². The summed E-state index contributed by atoms with van der Waals surface area (Å²) >= 11 is 0. The van der Waals surface area contributed by atoms with Crippen LogP contribution in [0.5, 0.6) is 0 Å². The van der Waals surface area contributed by atoms with Gasteiger partial charge in [0.2, 0.25) is 0 Å². The highest BCUT2D eigenvalue weighted by Crippen LogP contribution is 2.21. The van der Waals surface area contributed by atoms with Crippen molar-refractivity contribution in [2.75, 3.05) is 11.9 Å². The minimum absolute atomic E-state index is 0.131. The van der Waals surface area contributed by atoms with Gasteiger partial charge in [0.25, 0.3) is 5.91 Å². The molecule has 98 valence electrons. The molecule has 0 spiro atoms. The minimum Gasteiger partial charge on any atom is -0.367 e. The van der Waals surface area contributed by atoms with E-state index in [2.05, 4.69) is 20.6 Å². The van der Waals surface area contributed by atoms with Crippen LogP contribution in [-0.4, -0.2) is 28.5 Å². The van der Waals surface area contributed by atoms with E-state index >= 15 is 0 Å². The first-order valence-electron chi connectivity index (χ1n) is 6.66. The molecule has 0 unspecified atom stereocenters. The molecule has 1 aliphatic rings. The molecule has 1 amide bonds. The molecule has 5 heteroatoms. The molecule has 1 aliphatic carbocycles. The highest BCUT2D eigenvalue weighted by atomic mass is 16.1. The first kappa shape index (κ1) is 12.8. The third-order valence-electron chi connectivity index (χ3n) is 3.14. The summed E-state index contributed by atoms with van der Waals surface area (Å²) in [6.07, 6.45) is 7.27. The average molecular weight is 248 g/mol. The molecule has 1 heterocycles. The van der Waals surface area contributed by atoms with Crippen molar-refractivity contribution in [3.05, 3.63) is 18.1 Å². The van der Waals surface area contributed by atoms with E-state index in [1.807, 2.05) is 6.92 Å². The maximum absolute atomic E-state index is 11.8. The highest BCUT2D eigenvalue weighted by Gasteiger charge is 2.16. The number of nitrogens with zero attached hydrogens (tertiary/aromatic N) is 2. The fourth-order valence-corrected chi connectivity index (χ4v) is 2.17. The Morgan fingerprint density at radius 1 is 1.39 bits per heavy atom. The van der Waals surface area contributed by atoms with Crippen LogP contribution in [-0.2, 0) is 0 Å². The van der Waals surface area contributed by atoms with Crippen LogP contribution in [0.4, 0.5) is 5.82 Å². The number of amides is 1. The molecule has 1 aromatic heterocycles. The zero-order valence-corrected chi connectivity index (χ0v) is 10.8. The van der Waals surface area contributed by atoms with Crippen molar-refractivity contribution in [1.82, 2.24) is 15.3 Å². The minimum atomic E-state index is -0.131. The van der Waals surface area contributed by atoms with E-state index < -0.39 is 0 Å². The summed E-state index contributed by atoms with van der Waals surface area (Å²) in [5.41, 5.74) is 0.430. The standard InChI is InChI=1S/C13H20N4O/c1-2-7-14-13(18)11-8-12(16-9-15-11)17-10-5-3-4-6-10/h8-10H,2-7H2,1H3,(H,14,18)(H,15,16,17). The van der Waals surface area contributed by atoms with E-state index in [1.54, 1.807) is 6.07 Å². The van der Waals surface area contributed by atoms with Gasteiger partial charge in [0.05, 0.1) is 0 Å². The molecule has 1 aromatic rings. The SMILES string of the molecule is CCCNC(=O)c1cc(NC2CCCC2)ncn1. The van der Waals surface area contributed by atoms with Crippen LogP contribution in [0.1, 0.15) is 49.5 Å². The molecule has 0 atom stereocenters. The Morgan fingerprint density at radius 3 is 2.89 bits per heavy atom. The van der Waals surface area contributed by atoms with Crippen molar-refractivity contribution in [3.8, 4) is 0 Å². The highest BCUT2D eigenvalue weighted by molar-refractivity contribution is 5.92. The predicted molar refractivity (Wildman–Crippen MR) is 70.5 cm³/mol. The number of hydrogen-bond donors (Lipinski definition) is 2. The van der Waals surface area contributed by atoms with Crippen LogP contribution in [0.15, 0.2) is 12.4 Å². The molecule has 18 heavy (non-hydrogen) atoms. The van der Waals surface area contributed by atoms with E-state index in [0.717, 1.165) is 12.2 Å². The molecule has 5 nitrogen and oxygen atoms in total. The Bertz CT molecular complexity index is 402. The maximum atomic E-state index is 11.8. The molecule has 0 bridgehead atoms. The quantitative estimate of drug-likeness (QED) is 0.836. The topological polar surface area (TPSA) is 66.9 Å². The number of nitrogens with one attached hydrogen (secondary N) is 2. The Kier molecular flexibility index (Phi) is 4.50. The number of carbonyl (C=O) groups is 1. The van der Waals surface area contributed by atoms with Gasteiger partial charge in [0.1, 0.15) is 17.8 Å². The van der Waals surface area contributed by atoms with Crippen molar-refractivity contribution in [3.63, 3.8) is 0 Å². The molecular weight excluding hydrogens is 228 g/mol. The van der Waals surface area contributed by atoms with E-state index in [1.165, 1.54) is 32.0 Å². The Hall–Kier alpha value is -1.65. The van der Waals surface area contributed by atoms with Gasteiger partial charge in [-0.15, -0.1) is 0 Å². The summed E-state index contributed by atoms with van der Waals surface area (Å²) < 4.78 is 0. The van der Waals surface area contributed by atoms with E-state index in [4.69, 9.17) is 0 Å². The zero-order chi connectivity index (χ0) is 12.8. The fraction of sp³-hybridized carbons (Fsp3) is 0.615. The number of carbonyl (C=O) groups excluding carboxylic acids is 1. The molecule has 1 fully saturated rings. The lowest BCUT2D eigenvalue weighted by molar-refractivity contribution is 0.0948. The van der Waals surface area contributed by atoms with Crippen molar-refractivity contribution < 1.29 is 4.79 Å². The summed E-state index contributed by atoms with van der Waals surface area (Å²) in [6.45, 7) is 2.70. The van der Waals surface area contributed by atoms with E-state index in [0.29, 0.717) is 18.3 Å². The van der Waals surface area contributed by atoms with Gasteiger partial charge in [0.15, 0.2) is 0 Å². The summed E-state index contributed by atoms with van der Waals surface area (Å²) in [6, 6.07) is 2.22. The van der Waals surface area contributed by atoms with Gasteiger partial charge in [-0.2, -0.15) is 0 Å². The van der Waals surface area contributed by atoms with Gasteiger partial charge in [0, 0.05) is 18.7 Å². The van der Waals surface area contributed by atoms with Crippen LogP contribution < -0.4 is 10.6 Å². The lowest BCUT2D eigenvalue weighted by atomic mass is 10.2. The second-order valence-electron chi connectivity index (χ2n) is 4.67. The number of anilines is 1. The molecule has 0 radical (unpaired) electrons. The van der Waals surface area contributed by atoms with Crippen molar-refractivity contribution in [1.29, 1.82) is 0 Å². The maximum Gasteiger partial charge on any atom is 0.270 e. The van der Waals surface area contributed by atoms with Crippen LogP contribution in [0, 0.1) is 0 Å². The first-order valence-corrected chi connectivity index (χ1v) is 6.66. The monoisotopic (exact) mass is 248 g/mol. The summed E-state index contributed by atoms with van der Waals surface area (Å²) in [5, 5.41) is 6.17. The Morgan fingerprint density at radius 2 is 2.17 bits per heavy atom. The lowest BCUT2D eigenvalue weighted by Gasteiger charge is -2.12. The van der Waals surface area contributed by atoms with Crippen LogP contribution in [0.2, 0.25) is 0 Å². The fourth-order valence-electron chi connectivity index (χ4n) is 2.17. The molecule has 1 saturated carbocycles. The van der Waals surface area contributed by atoms with E-state index in [-0.39, 0.29) is 5.91 Å². The van der Waals surface area contributed by atoms with Crippen molar-refractivity contribution >= 4 is 11.7 Å². The summed E-state index contributed by atoms with van der Waals surface area (Å²) in [5.74, 6) is 0.618. The second-order valence-corrected chi connectivity index (χ2v) is 4.67. The Balaban J connectivity index is 1.97. The molecule has 2 N–H and O–H groups in total. The van der Waals surface area contributed by atoms with Crippen molar-refractivity contribution in [2.45, 2.75) is 45.1 Å². The van der Waals surface area contributed by atoms with Crippen molar-refractivity contribution in [2.24, 2.45) is 0 Å². The molecule has 2 rings (SSSR count). The lowest BCUT2D eigenvalue weighted by Crippen LogP contribution is -2.25. The third-order valence-corrected chi connectivity index (χ3v) is 3.14. The van der Waals surface area contributed by atoms with Gasteiger partial charge in [-0.1, -0.05) is 19.8 Å². The molecule has 0 saturated heterocycles. The van der Waals surface area contributed by atoms with Gasteiger partial charge in [-0.25, -0.2) is 9.97 Å². The summed E-state index contributed by atoms with van der Waals surface area (Å²) in [4.78, 5) is 19.9. The molecule has 0 aliphatic heterocycles.